The lowest BCUT2D eigenvalue weighted by atomic mass is 10.1. The Balaban J connectivity index is 2.67. The van der Waals surface area contributed by atoms with E-state index in [9.17, 15) is 9.90 Å². The normalized spacial score (nSPS) is 10.9. The van der Waals surface area contributed by atoms with Gasteiger partial charge in [-0.2, -0.15) is 0 Å². The van der Waals surface area contributed by atoms with Crippen LogP contribution in [0.2, 0.25) is 0 Å². The molecule has 0 saturated heterocycles. The van der Waals surface area contributed by atoms with Gasteiger partial charge in [-0.15, -0.1) is 0 Å². The van der Waals surface area contributed by atoms with E-state index in [4.69, 9.17) is 5.11 Å². The standard InChI is InChI=1S/C12H13NO3/c1-2-13-10(7-14)6-9-5-8(12(15)16)3-4-11(9)13/h3-6,14H,2,7H2,1H3,(H,15,16). The Hall–Kier alpha value is -1.81. The van der Waals surface area contributed by atoms with Gasteiger partial charge in [0.15, 0.2) is 0 Å². The minimum absolute atomic E-state index is 0.0368. The van der Waals surface area contributed by atoms with Crippen LogP contribution in [0.1, 0.15) is 23.0 Å². The third-order valence-electron chi connectivity index (χ3n) is 2.71. The van der Waals surface area contributed by atoms with Gasteiger partial charge in [0.2, 0.25) is 0 Å². The number of aromatic nitrogens is 1. The molecule has 1 aromatic carbocycles. The predicted molar refractivity (Wildman–Crippen MR) is 60.5 cm³/mol. The minimum atomic E-state index is -0.934. The second-order valence-electron chi connectivity index (χ2n) is 3.62. The zero-order valence-corrected chi connectivity index (χ0v) is 8.97. The second kappa shape index (κ2) is 3.98. The Morgan fingerprint density at radius 1 is 1.38 bits per heavy atom. The molecule has 4 heteroatoms. The molecule has 0 fully saturated rings. The summed E-state index contributed by atoms with van der Waals surface area (Å²) in [5, 5.41) is 18.9. The Morgan fingerprint density at radius 3 is 2.69 bits per heavy atom. The molecule has 2 N–H and O–H groups in total. The van der Waals surface area contributed by atoms with Crippen LogP contribution >= 0.6 is 0 Å². The molecule has 84 valence electrons. The molecule has 0 radical (unpaired) electrons. The van der Waals surface area contributed by atoms with E-state index in [1.165, 1.54) is 0 Å². The molecular formula is C12H13NO3. The van der Waals surface area contributed by atoms with E-state index in [0.717, 1.165) is 23.1 Å². The highest BCUT2D eigenvalue weighted by Crippen LogP contribution is 2.21. The van der Waals surface area contributed by atoms with Crippen molar-refractivity contribution in [3.05, 3.63) is 35.5 Å². The Labute approximate surface area is 92.7 Å². The molecule has 1 aromatic heterocycles. The van der Waals surface area contributed by atoms with Crippen molar-refractivity contribution in [2.75, 3.05) is 0 Å². The highest BCUT2D eigenvalue weighted by atomic mass is 16.4. The number of hydrogen-bond donors (Lipinski definition) is 2. The summed E-state index contributed by atoms with van der Waals surface area (Å²) in [4.78, 5) is 10.8. The molecule has 0 aliphatic carbocycles. The zero-order valence-electron chi connectivity index (χ0n) is 8.97. The fourth-order valence-electron chi connectivity index (χ4n) is 1.97. The van der Waals surface area contributed by atoms with Crippen molar-refractivity contribution in [2.45, 2.75) is 20.1 Å². The quantitative estimate of drug-likeness (QED) is 0.828. The molecule has 0 atom stereocenters. The maximum Gasteiger partial charge on any atom is 0.335 e. The summed E-state index contributed by atoms with van der Waals surface area (Å²) < 4.78 is 1.97. The van der Waals surface area contributed by atoms with E-state index in [1.54, 1.807) is 18.2 Å². The zero-order chi connectivity index (χ0) is 11.7. The third-order valence-corrected chi connectivity index (χ3v) is 2.71. The number of aryl methyl sites for hydroxylation is 1. The average molecular weight is 219 g/mol. The molecule has 2 rings (SSSR count). The fourth-order valence-corrected chi connectivity index (χ4v) is 1.97. The lowest BCUT2D eigenvalue weighted by Crippen LogP contribution is -2.00. The minimum Gasteiger partial charge on any atom is -0.478 e. The first-order valence-corrected chi connectivity index (χ1v) is 5.13. The van der Waals surface area contributed by atoms with Crippen LogP contribution in [0.3, 0.4) is 0 Å². The summed E-state index contributed by atoms with van der Waals surface area (Å²) >= 11 is 0. The lowest BCUT2D eigenvalue weighted by Gasteiger charge is -2.05. The first-order chi connectivity index (χ1) is 7.67. The average Bonchev–Trinajstić information content (AvgIpc) is 2.65. The van der Waals surface area contributed by atoms with Crippen molar-refractivity contribution in [2.24, 2.45) is 0 Å². The number of benzene rings is 1. The van der Waals surface area contributed by atoms with E-state index in [2.05, 4.69) is 0 Å². The molecule has 1 heterocycles. The fraction of sp³-hybridized carbons (Fsp3) is 0.250. The van der Waals surface area contributed by atoms with Gasteiger partial charge in [0, 0.05) is 23.1 Å². The van der Waals surface area contributed by atoms with Gasteiger partial charge in [-0.05, 0) is 31.2 Å². The summed E-state index contributed by atoms with van der Waals surface area (Å²) in [7, 11) is 0. The molecule has 4 nitrogen and oxygen atoms in total. The van der Waals surface area contributed by atoms with Crippen LogP contribution in [0.15, 0.2) is 24.3 Å². The number of carboxylic acid groups (broad SMARTS) is 1. The van der Waals surface area contributed by atoms with E-state index >= 15 is 0 Å². The van der Waals surface area contributed by atoms with Crippen LogP contribution in [0.4, 0.5) is 0 Å². The maximum atomic E-state index is 10.8. The van der Waals surface area contributed by atoms with E-state index in [-0.39, 0.29) is 12.2 Å². The number of hydrogen-bond acceptors (Lipinski definition) is 2. The molecule has 0 spiro atoms. The molecule has 0 saturated carbocycles. The number of carboxylic acids is 1. The van der Waals surface area contributed by atoms with Gasteiger partial charge >= 0.3 is 5.97 Å². The highest BCUT2D eigenvalue weighted by Gasteiger charge is 2.09. The van der Waals surface area contributed by atoms with E-state index in [0.29, 0.717) is 0 Å². The number of fused-ring (bicyclic) bond motifs is 1. The van der Waals surface area contributed by atoms with Gasteiger partial charge in [-0.3, -0.25) is 0 Å². The summed E-state index contributed by atoms with van der Waals surface area (Å²) in [5.41, 5.74) is 2.03. The topological polar surface area (TPSA) is 62.5 Å². The monoisotopic (exact) mass is 219 g/mol. The molecule has 0 bridgehead atoms. The number of aliphatic hydroxyl groups is 1. The van der Waals surface area contributed by atoms with Crippen molar-refractivity contribution in [1.29, 1.82) is 0 Å². The van der Waals surface area contributed by atoms with Crippen molar-refractivity contribution >= 4 is 16.9 Å². The van der Waals surface area contributed by atoms with Crippen LogP contribution in [-0.2, 0) is 13.2 Å². The van der Waals surface area contributed by atoms with Crippen LogP contribution in [0.25, 0.3) is 10.9 Å². The smallest absolute Gasteiger partial charge is 0.335 e. The van der Waals surface area contributed by atoms with Crippen molar-refractivity contribution in [1.82, 2.24) is 4.57 Å². The molecule has 2 aromatic rings. The van der Waals surface area contributed by atoms with Crippen molar-refractivity contribution in [3.63, 3.8) is 0 Å². The molecule has 0 aliphatic heterocycles. The van der Waals surface area contributed by atoms with Gasteiger partial charge in [0.05, 0.1) is 12.2 Å². The predicted octanol–water partition coefficient (Wildman–Crippen LogP) is 1.85. The van der Waals surface area contributed by atoms with E-state index < -0.39 is 5.97 Å². The maximum absolute atomic E-state index is 10.8. The van der Waals surface area contributed by atoms with Crippen molar-refractivity contribution in [3.8, 4) is 0 Å². The molecular weight excluding hydrogens is 206 g/mol. The van der Waals surface area contributed by atoms with Gasteiger partial charge < -0.3 is 14.8 Å². The van der Waals surface area contributed by atoms with Gasteiger partial charge in [-0.1, -0.05) is 0 Å². The molecule has 16 heavy (non-hydrogen) atoms. The second-order valence-corrected chi connectivity index (χ2v) is 3.62. The lowest BCUT2D eigenvalue weighted by molar-refractivity contribution is 0.0697. The number of carbonyl (C=O) groups is 1. The molecule has 0 amide bonds. The van der Waals surface area contributed by atoms with Crippen LogP contribution < -0.4 is 0 Å². The highest BCUT2D eigenvalue weighted by molar-refractivity contribution is 5.94. The van der Waals surface area contributed by atoms with Crippen LogP contribution in [0.5, 0.6) is 0 Å². The number of rotatable bonds is 3. The Bertz CT molecular complexity index is 542. The molecule has 0 aliphatic rings. The van der Waals surface area contributed by atoms with Gasteiger partial charge in [0.25, 0.3) is 0 Å². The third kappa shape index (κ3) is 1.57. The van der Waals surface area contributed by atoms with E-state index in [1.807, 2.05) is 17.6 Å². The number of nitrogens with zero attached hydrogens (tertiary/aromatic N) is 1. The summed E-state index contributed by atoms with van der Waals surface area (Å²) in [5.74, 6) is -0.934. The Morgan fingerprint density at radius 2 is 2.12 bits per heavy atom. The number of aliphatic hydroxyl groups excluding tert-OH is 1. The molecule has 0 unspecified atom stereocenters. The van der Waals surface area contributed by atoms with Gasteiger partial charge in [-0.25, -0.2) is 4.79 Å². The van der Waals surface area contributed by atoms with Crippen molar-refractivity contribution < 1.29 is 15.0 Å². The number of aromatic carboxylic acids is 1. The van der Waals surface area contributed by atoms with Gasteiger partial charge in [0.1, 0.15) is 0 Å². The largest absolute Gasteiger partial charge is 0.478 e. The first-order valence-electron chi connectivity index (χ1n) is 5.13. The summed E-state index contributed by atoms with van der Waals surface area (Å²) in [6, 6.07) is 6.81. The summed E-state index contributed by atoms with van der Waals surface area (Å²) in [6.07, 6.45) is 0. The SMILES string of the molecule is CCn1c(CO)cc2cc(C(=O)O)ccc21. The summed E-state index contributed by atoms with van der Waals surface area (Å²) in [6.45, 7) is 2.71. The van der Waals surface area contributed by atoms with Crippen LogP contribution in [0, 0.1) is 0 Å². The van der Waals surface area contributed by atoms with Crippen LogP contribution in [-0.4, -0.2) is 20.7 Å². The Kier molecular flexibility index (Phi) is 2.66. The first kappa shape index (κ1) is 10.7.